The molecule has 2 rings (SSSR count). The number of carbonyl (C=O) groups is 2. The van der Waals surface area contributed by atoms with Crippen molar-refractivity contribution in [2.45, 2.75) is 13.0 Å². The highest BCUT2D eigenvalue weighted by molar-refractivity contribution is 5.88. The maximum Gasteiger partial charge on any atom is 0.223 e. The lowest BCUT2D eigenvalue weighted by atomic mass is 10.1. The van der Waals surface area contributed by atoms with Crippen LogP contribution in [0.1, 0.15) is 12.0 Å². The summed E-state index contributed by atoms with van der Waals surface area (Å²) in [5.74, 6) is -0.662. The van der Waals surface area contributed by atoms with Gasteiger partial charge in [-0.05, 0) is 17.7 Å². The summed E-state index contributed by atoms with van der Waals surface area (Å²) >= 11 is 0. The number of phenolic OH excluding ortho intramolecular Hbond substituents is 1. The third kappa shape index (κ3) is 2.55. The van der Waals surface area contributed by atoms with Gasteiger partial charge in [0.1, 0.15) is 5.75 Å². The molecule has 3 N–H and O–H groups in total. The molecule has 0 bridgehead atoms. The van der Waals surface area contributed by atoms with E-state index in [1.165, 1.54) is 0 Å². The first kappa shape index (κ1) is 11.4. The van der Waals surface area contributed by atoms with E-state index in [1.54, 1.807) is 29.2 Å². The van der Waals surface area contributed by atoms with Crippen LogP contribution in [0.15, 0.2) is 24.3 Å². The molecule has 5 nitrogen and oxygen atoms in total. The summed E-state index contributed by atoms with van der Waals surface area (Å²) in [7, 11) is 0. The van der Waals surface area contributed by atoms with Crippen LogP contribution >= 0.6 is 0 Å². The number of carbonyl (C=O) groups excluding carboxylic acids is 2. The first-order valence-electron chi connectivity index (χ1n) is 5.41. The van der Waals surface area contributed by atoms with Crippen LogP contribution in [0, 0.1) is 5.92 Å². The molecule has 1 heterocycles. The van der Waals surface area contributed by atoms with E-state index >= 15 is 0 Å². The highest BCUT2D eigenvalue weighted by atomic mass is 16.3. The fourth-order valence-corrected chi connectivity index (χ4v) is 1.94. The zero-order valence-electron chi connectivity index (χ0n) is 9.30. The van der Waals surface area contributed by atoms with Crippen molar-refractivity contribution in [3.8, 4) is 5.75 Å². The van der Waals surface area contributed by atoms with E-state index in [1.807, 2.05) is 0 Å². The van der Waals surface area contributed by atoms with E-state index in [9.17, 15) is 9.59 Å². The molecule has 5 heteroatoms. The molecule has 2 amide bonds. The number of benzene rings is 1. The number of amides is 2. The first-order valence-corrected chi connectivity index (χ1v) is 5.41. The number of primary amides is 1. The van der Waals surface area contributed by atoms with Crippen molar-refractivity contribution in [3.63, 3.8) is 0 Å². The Hall–Kier alpha value is -2.04. The van der Waals surface area contributed by atoms with Gasteiger partial charge >= 0.3 is 0 Å². The van der Waals surface area contributed by atoms with Crippen molar-refractivity contribution in [1.29, 1.82) is 0 Å². The minimum atomic E-state index is -0.424. The minimum absolute atomic E-state index is 0.0538. The average Bonchev–Trinajstić information content (AvgIpc) is 2.64. The van der Waals surface area contributed by atoms with Gasteiger partial charge in [-0.25, -0.2) is 0 Å². The van der Waals surface area contributed by atoms with Crippen LogP contribution in [0.3, 0.4) is 0 Å². The normalized spacial score (nSPS) is 19.6. The third-order valence-corrected chi connectivity index (χ3v) is 2.93. The number of nitrogens with zero attached hydrogens (tertiary/aromatic N) is 1. The molecule has 0 radical (unpaired) electrons. The second kappa shape index (κ2) is 4.45. The van der Waals surface area contributed by atoms with Gasteiger partial charge in [0.15, 0.2) is 0 Å². The molecule has 90 valence electrons. The second-order valence-electron chi connectivity index (χ2n) is 4.24. The molecule has 1 fully saturated rings. The molecular weight excluding hydrogens is 220 g/mol. The van der Waals surface area contributed by atoms with Crippen molar-refractivity contribution in [2.75, 3.05) is 6.54 Å². The van der Waals surface area contributed by atoms with Gasteiger partial charge in [0, 0.05) is 19.5 Å². The van der Waals surface area contributed by atoms with Gasteiger partial charge in [0.25, 0.3) is 0 Å². The highest BCUT2D eigenvalue weighted by Crippen LogP contribution is 2.20. The SMILES string of the molecule is NC(=O)C1CC(=O)N(Cc2ccc(O)cc2)C1. The molecule has 0 spiro atoms. The summed E-state index contributed by atoms with van der Waals surface area (Å²) in [5, 5.41) is 9.14. The summed E-state index contributed by atoms with van der Waals surface area (Å²) in [4.78, 5) is 24.2. The van der Waals surface area contributed by atoms with E-state index in [0.717, 1.165) is 5.56 Å². The lowest BCUT2D eigenvalue weighted by molar-refractivity contribution is -0.128. The Kier molecular flexibility index (Phi) is 2.99. The molecule has 0 saturated carbocycles. The first-order chi connectivity index (χ1) is 8.06. The van der Waals surface area contributed by atoms with Crippen LogP contribution in [-0.2, 0) is 16.1 Å². The number of hydrogen-bond donors (Lipinski definition) is 2. The Balaban J connectivity index is 2.02. The van der Waals surface area contributed by atoms with E-state index in [-0.39, 0.29) is 24.0 Å². The van der Waals surface area contributed by atoms with Crippen LogP contribution in [-0.4, -0.2) is 28.4 Å². The summed E-state index contributed by atoms with van der Waals surface area (Å²) in [5.41, 5.74) is 6.10. The van der Waals surface area contributed by atoms with Gasteiger partial charge in [-0.1, -0.05) is 12.1 Å². The summed E-state index contributed by atoms with van der Waals surface area (Å²) in [6.07, 6.45) is 0.202. The number of hydrogen-bond acceptors (Lipinski definition) is 3. The molecule has 0 aliphatic carbocycles. The molecular formula is C12H14N2O3. The number of rotatable bonds is 3. The predicted molar refractivity (Wildman–Crippen MR) is 60.8 cm³/mol. The van der Waals surface area contributed by atoms with E-state index in [2.05, 4.69) is 0 Å². The fraction of sp³-hybridized carbons (Fsp3) is 0.333. The molecule has 1 aliphatic heterocycles. The van der Waals surface area contributed by atoms with Gasteiger partial charge in [0.05, 0.1) is 5.92 Å². The number of aromatic hydroxyl groups is 1. The molecule has 1 aromatic carbocycles. The topological polar surface area (TPSA) is 83.6 Å². The zero-order valence-corrected chi connectivity index (χ0v) is 9.30. The van der Waals surface area contributed by atoms with Crippen LogP contribution in [0.4, 0.5) is 0 Å². The monoisotopic (exact) mass is 234 g/mol. The molecule has 17 heavy (non-hydrogen) atoms. The van der Waals surface area contributed by atoms with Crippen molar-refractivity contribution < 1.29 is 14.7 Å². The van der Waals surface area contributed by atoms with E-state index in [0.29, 0.717) is 13.1 Å². The highest BCUT2D eigenvalue weighted by Gasteiger charge is 2.32. The lowest BCUT2D eigenvalue weighted by Gasteiger charge is -2.16. The quantitative estimate of drug-likeness (QED) is 0.785. The molecule has 1 atom stereocenters. The van der Waals surface area contributed by atoms with E-state index < -0.39 is 5.91 Å². The Morgan fingerprint density at radius 2 is 2.06 bits per heavy atom. The van der Waals surface area contributed by atoms with Crippen LogP contribution in [0.2, 0.25) is 0 Å². The standard InChI is InChI=1S/C12H14N2O3/c13-12(17)9-5-11(16)14(7-9)6-8-1-3-10(15)4-2-8/h1-4,9,15H,5-7H2,(H2,13,17). The number of likely N-dealkylation sites (tertiary alicyclic amines) is 1. The fourth-order valence-electron chi connectivity index (χ4n) is 1.94. The molecule has 0 aromatic heterocycles. The Labute approximate surface area is 98.8 Å². The van der Waals surface area contributed by atoms with Gasteiger partial charge in [-0.2, -0.15) is 0 Å². The molecule has 1 aromatic rings. The predicted octanol–water partition coefficient (Wildman–Crippen LogP) is 0.226. The van der Waals surface area contributed by atoms with Crippen LogP contribution < -0.4 is 5.73 Å². The van der Waals surface area contributed by atoms with E-state index in [4.69, 9.17) is 10.8 Å². The second-order valence-corrected chi connectivity index (χ2v) is 4.24. The van der Waals surface area contributed by atoms with Crippen molar-refractivity contribution in [1.82, 2.24) is 4.90 Å². The maximum absolute atomic E-state index is 11.6. The third-order valence-electron chi connectivity index (χ3n) is 2.93. The Bertz CT molecular complexity index is 442. The van der Waals surface area contributed by atoms with Crippen molar-refractivity contribution in [2.24, 2.45) is 11.7 Å². The summed E-state index contributed by atoms with van der Waals surface area (Å²) < 4.78 is 0. The maximum atomic E-state index is 11.6. The van der Waals surface area contributed by atoms with Crippen LogP contribution in [0.5, 0.6) is 5.75 Å². The molecule has 1 aliphatic rings. The largest absolute Gasteiger partial charge is 0.508 e. The summed E-state index contributed by atoms with van der Waals surface area (Å²) in [6, 6.07) is 6.64. The number of nitrogens with two attached hydrogens (primary N) is 1. The van der Waals surface area contributed by atoms with Crippen LogP contribution in [0.25, 0.3) is 0 Å². The van der Waals surface area contributed by atoms with Gasteiger partial charge in [-0.3, -0.25) is 9.59 Å². The Morgan fingerprint density at radius 3 is 2.59 bits per heavy atom. The van der Waals surface area contributed by atoms with Gasteiger partial charge in [-0.15, -0.1) is 0 Å². The summed E-state index contributed by atoms with van der Waals surface area (Å²) in [6.45, 7) is 0.831. The molecule has 1 saturated heterocycles. The smallest absolute Gasteiger partial charge is 0.223 e. The zero-order chi connectivity index (χ0) is 12.4. The van der Waals surface area contributed by atoms with Crippen molar-refractivity contribution >= 4 is 11.8 Å². The lowest BCUT2D eigenvalue weighted by Crippen LogP contribution is -2.28. The van der Waals surface area contributed by atoms with Crippen molar-refractivity contribution in [3.05, 3.63) is 29.8 Å². The minimum Gasteiger partial charge on any atom is -0.508 e. The molecule has 1 unspecified atom stereocenters. The Morgan fingerprint density at radius 1 is 1.41 bits per heavy atom. The average molecular weight is 234 g/mol. The number of phenols is 1. The van der Waals surface area contributed by atoms with Gasteiger partial charge in [0.2, 0.25) is 11.8 Å². The van der Waals surface area contributed by atoms with Gasteiger partial charge < -0.3 is 15.7 Å².